The Morgan fingerprint density at radius 2 is 2.15 bits per heavy atom. The van der Waals surface area contributed by atoms with E-state index in [1.54, 1.807) is 24.3 Å². The predicted octanol–water partition coefficient (Wildman–Crippen LogP) is -0.371. The average molecular weight is 313 g/mol. The smallest absolute Gasteiger partial charge is 0.221 e. The van der Waals surface area contributed by atoms with E-state index in [1.165, 1.54) is 0 Å². The average Bonchev–Trinajstić information content (AvgIpc) is 2.73. The van der Waals surface area contributed by atoms with Crippen LogP contribution in [0.4, 0.5) is 0 Å². The lowest BCUT2D eigenvalue weighted by atomic mass is 10.1. The van der Waals surface area contributed by atoms with E-state index in [-0.39, 0.29) is 23.1 Å². The van der Waals surface area contributed by atoms with Crippen LogP contribution in [0, 0.1) is 0 Å². The van der Waals surface area contributed by atoms with Gasteiger partial charge in [-0.15, -0.1) is 0 Å². The lowest BCUT2D eigenvalue weighted by Gasteiger charge is -2.13. The second kappa shape index (κ2) is 5.86. The Bertz CT molecular complexity index is 643. The van der Waals surface area contributed by atoms with E-state index < -0.39 is 16.1 Å². The fraction of sp³-hybridized carbons (Fsp3) is 0.333. The Balaban J connectivity index is 2.12. The molecule has 0 saturated carbocycles. The number of benzene rings is 1. The van der Waals surface area contributed by atoms with Gasteiger partial charge in [-0.05, 0) is 5.56 Å². The largest absolute Gasteiger partial charge is 0.389 e. The number of nitrogens with two attached hydrogens (primary N) is 1. The minimum absolute atomic E-state index is 0.152. The maximum Gasteiger partial charge on any atom is 0.221 e. The van der Waals surface area contributed by atoms with Gasteiger partial charge in [0.2, 0.25) is 15.9 Å². The van der Waals surface area contributed by atoms with Crippen LogP contribution in [0.1, 0.15) is 17.5 Å². The monoisotopic (exact) mass is 313 g/mol. The lowest BCUT2D eigenvalue weighted by molar-refractivity contribution is -0.119. The molecule has 1 aliphatic heterocycles. The van der Waals surface area contributed by atoms with Crippen molar-refractivity contribution in [1.29, 1.82) is 0 Å². The first kappa shape index (κ1) is 14.9. The van der Waals surface area contributed by atoms with Gasteiger partial charge in [-0.3, -0.25) is 4.79 Å². The van der Waals surface area contributed by atoms with E-state index in [1.807, 2.05) is 0 Å². The summed E-state index contributed by atoms with van der Waals surface area (Å²) in [7, 11) is -3.55. The minimum Gasteiger partial charge on any atom is -0.389 e. The number of amides is 1. The van der Waals surface area contributed by atoms with Crippen LogP contribution in [-0.2, 0) is 20.6 Å². The van der Waals surface area contributed by atoms with Crippen LogP contribution in [0.25, 0.3) is 0 Å². The first-order chi connectivity index (χ1) is 9.37. The maximum atomic E-state index is 12.1. The molecule has 1 aromatic rings. The summed E-state index contributed by atoms with van der Waals surface area (Å²) in [4.78, 5) is 11.2. The molecule has 1 unspecified atom stereocenters. The third kappa shape index (κ3) is 3.75. The Morgan fingerprint density at radius 3 is 2.75 bits per heavy atom. The van der Waals surface area contributed by atoms with Crippen LogP contribution in [0.3, 0.4) is 0 Å². The highest BCUT2D eigenvalue weighted by molar-refractivity contribution is 7.88. The van der Waals surface area contributed by atoms with E-state index >= 15 is 0 Å². The van der Waals surface area contributed by atoms with Gasteiger partial charge in [0.15, 0.2) is 0 Å². The van der Waals surface area contributed by atoms with Crippen molar-refractivity contribution in [2.45, 2.75) is 18.2 Å². The summed E-state index contributed by atoms with van der Waals surface area (Å²) in [5, 5.41) is 2.58. The Labute approximate surface area is 122 Å². The van der Waals surface area contributed by atoms with Crippen molar-refractivity contribution in [2.75, 3.05) is 6.54 Å². The number of hydrogen-bond donors (Lipinski definition) is 3. The normalized spacial score (nSPS) is 18.8. The second-order valence-corrected chi connectivity index (χ2v) is 6.80. The number of thiocarbonyl (C=S) groups is 1. The van der Waals surface area contributed by atoms with Gasteiger partial charge in [-0.2, -0.15) is 0 Å². The summed E-state index contributed by atoms with van der Waals surface area (Å²) >= 11 is 4.91. The molecule has 1 aliphatic rings. The quantitative estimate of drug-likeness (QED) is 0.644. The zero-order valence-corrected chi connectivity index (χ0v) is 12.3. The molecular formula is C12H15N3O3S2. The van der Waals surface area contributed by atoms with Crippen molar-refractivity contribution in [2.24, 2.45) is 5.73 Å². The fourth-order valence-electron chi connectivity index (χ4n) is 2.08. The number of sulfonamides is 1. The molecule has 1 heterocycles. The van der Waals surface area contributed by atoms with Crippen molar-refractivity contribution in [3.05, 3.63) is 35.4 Å². The molecule has 1 amide bonds. The van der Waals surface area contributed by atoms with Crippen LogP contribution in [0.2, 0.25) is 0 Å². The number of rotatable bonds is 5. The lowest BCUT2D eigenvalue weighted by Crippen LogP contribution is -2.37. The van der Waals surface area contributed by atoms with Crippen molar-refractivity contribution < 1.29 is 13.2 Å². The molecule has 1 atom stereocenters. The standard InChI is InChI=1S/C12H15N3O3S2/c13-12(19)10-4-2-1-3-8(10)7-20(17,18)15-9-5-11(16)14-6-9/h1-4,9,15H,5-7H2,(H2,13,19)(H,14,16). The third-order valence-electron chi connectivity index (χ3n) is 2.95. The zero-order valence-electron chi connectivity index (χ0n) is 10.6. The zero-order chi connectivity index (χ0) is 14.8. The van der Waals surface area contributed by atoms with Gasteiger partial charge in [0.1, 0.15) is 4.99 Å². The van der Waals surface area contributed by atoms with Gasteiger partial charge in [0, 0.05) is 24.6 Å². The van der Waals surface area contributed by atoms with Gasteiger partial charge >= 0.3 is 0 Å². The van der Waals surface area contributed by atoms with Crippen molar-refractivity contribution >= 4 is 33.1 Å². The predicted molar refractivity (Wildman–Crippen MR) is 79.5 cm³/mol. The molecule has 0 radical (unpaired) electrons. The van der Waals surface area contributed by atoms with E-state index in [0.29, 0.717) is 17.7 Å². The van der Waals surface area contributed by atoms with Gasteiger partial charge in [-0.25, -0.2) is 13.1 Å². The molecule has 0 aliphatic carbocycles. The van der Waals surface area contributed by atoms with Gasteiger partial charge in [0.25, 0.3) is 0 Å². The van der Waals surface area contributed by atoms with Crippen molar-refractivity contribution in [1.82, 2.24) is 10.0 Å². The summed E-state index contributed by atoms with van der Waals surface area (Å²) in [6.07, 6.45) is 0.163. The number of carbonyl (C=O) groups excluding carboxylic acids is 1. The highest BCUT2D eigenvalue weighted by Crippen LogP contribution is 2.13. The summed E-state index contributed by atoms with van der Waals surface area (Å²) in [5.41, 5.74) is 6.67. The van der Waals surface area contributed by atoms with Gasteiger partial charge < -0.3 is 11.1 Å². The first-order valence-corrected chi connectivity index (χ1v) is 8.08. The summed E-state index contributed by atoms with van der Waals surface area (Å²) < 4.78 is 26.7. The maximum absolute atomic E-state index is 12.1. The molecule has 0 spiro atoms. The number of carbonyl (C=O) groups is 1. The summed E-state index contributed by atoms with van der Waals surface area (Å²) in [6, 6.07) is 6.44. The highest BCUT2D eigenvalue weighted by Gasteiger charge is 2.26. The van der Waals surface area contributed by atoms with E-state index in [9.17, 15) is 13.2 Å². The molecule has 4 N–H and O–H groups in total. The first-order valence-electron chi connectivity index (χ1n) is 6.02. The summed E-state index contributed by atoms with van der Waals surface area (Å²) in [6.45, 7) is 0.314. The molecule has 2 rings (SSSR count). The topological polar surface area (TPSA) is 101 Å². The van der Waals surface area contributed by atoms with Crippen molar-refractivity contribution in [3.63, 3.8) is 0 Å². The molecule has 20 heavy (non-hydrogen) atoms. The molecule has 6 nitrogen and oxygen atoms in total. The molecule has 108 valence electrons. The van der Waals surface area contributed by atoms with E-state index in [2.05, 4.69) is 10.0 Å². The van der Waals surface area contributed by atoms with Crippen LogP contribution in [0.15, 0.2) is 24.3 Å². The third-order valence-corrected chi connectivity index (χ3v) is 4.56. The molecule has 8 heteroatoms. The molecule has 0 aromatic heterocycles. The van der Waals surface area contributed by atoms with E-state index in [0.717, 1.165) is 0 Å². The van der Waals surface area contributed by atoms with Crippen LogP contribution >= 0.6 is 12.2 Å². The van der Waals surface area contributed by atoms with Gasteiger partial charge in [-0.1, -0.05) is 36.5 Å². The molecule has 0 bridgehead atoms. The number of hydrogen-bond acceptors (Lipinski definition) is 4. The van der Waals surface area contributed by atoms with Crippen LogP contribution in [-0.4, -0.2) is 31.9 Å². The highest BCUT2D eigenvalue weighted by atomic mass is 32.2. The van der Waals surface area contributed by atoms with Crippen LogP contribution < -0.4 is 15.8 Å². The molecule has 1 saturated heterocycles. The molecule has 1 fully saturated rings. The fourth-order valence-corrected chi connectivity index (χ4v) is 3.69. The Kier molecular flexibility index (Phi) is 4.36. The minimum atomic E-state index is -3.55. The second-order valence-electron chi connectivity index (χ2n) is 4.60. The Morgan fingerprint density at radius 1 is 1.45 bits per heavy atom. The van der Waals surface area contributed by atoms with Gasteiger partial charge in [0.05, 0.1) is 5.75 Å². The summed E-state index contributed by atoms with van der Waals surface area (Å²) in [5.74, 6) is -0.369. The SMILES string of the molecule is NC(=S)c1ccccc1CS(=O)(=O)NC1CNC(=O)C1. The van der Waals surface area contributed by atoms with Crippen LogP contribution in [0.5, 0.6) is 0 Å². The number of nitrogens with one attached hydrogen (secondary N) is 2. The van der Waals surface area contributed by atoms with Crippen molar-refractivity contribution in [3.8, 4) is 0 Å². The Hall–Kier alpha value is -1.51. The molecular weight excluding hydrogens is 298 g/mol. The molecule has 1 aromatic carbocycles. The van der Waals surface area contributed by atoms with E-state index in [4.69, 9.17) is 18.0 Å².